The van der Waals surface area contributed by atoms with E-state index in [2.05, 4.69) is 5.32 Å². The second kappa shape index (κ2) is 6.91. The van der Waals surface area contributed by atoms with Gasteiger partial charge in [-0.25, -0.2) is 4.79 Å². The van der Waals surface area contributed by atoms with Crippen molar-refractivity contribution in [1.29, 1.82) is 5.26 Å². The van der Waals surface area contributed by atoms with Gasteiger partial charge in [0, 0.05) is 23.7 Å². The summed E-state index contributed by atoms with van der Waals surface area (Å²) in [6.07, 6.45) is 0. The van der Waals surface area contributed by atoms with Gasteiger partial charge >= 0.3 is 5.97 Å². The van der Waals surface area contributed by atoms with Gasteiger partial charge in [-0.1, -0.05) is 12.1 Å². The van der Waals surface area contributed by atoms with Crippen LogP contribution in [0, 0.1) is 27.4 Å². The van der Waals surface area contributed by atoms with Crippen LogP contribution >= 0.6 is 0 Å². The molecule has 0 saturated heterocycles. The fourth-order valence-electron chi connectivity index (χ4n) is 2.67. The first kappa shape index (κ1) is 17.1. The SMILES string of the molecule is CCOC(=O)C1=C(C)NC(=O)[C@H](C#N)[C@@H]1c1ccc([N+](=O)[O-])cc1. The van der Waals surface area contributed by atoms with E-state index in [-0.39, 0.29) is 17.9 Å². The molecule has 8 heteroatoms. The van der Waals surface area contributed by atoms with E-state index in [1.54, 1.807) is 13.8 Å². The maximum atomic E-state index is 12.3. The molecular weight excluding hydrogens is 314 g/mol. The molecule has 124 valence electrons. The van der Waals surface area contributed by atoms with Crippen molar-refractivity contribution >= 4 is 17.6 Å². The molecule has 0 unspecified atom stereocenters. The van der Waals surface area contributed by atoms with Crippen LogP contribution in [0.15, 0.2) is 35.5 Å². The molecule has 1 heterocycles. The molecule has 1 amide bonds. The standard InChI is InChI=1S/C16H15N3O5/c1-3-24-16(21)13-9(2)18-15(20)12(8-17)14(13)10-4-6-11(7-5-10)19(22)23/h4-7,12,14H,3H2,1-2H3,(H,18,20)/t12-,14+/m1/s1. The molecule has 1 aliphatic rings. The number of nitrogens with zero attached hydrogens (tertiary/aromatic N) is 2. The molecule has 1 N–H and O–H groups in total. The van der Waals surface area contributed by atoms with E-state index < -0.39 is 28.6 Å². The number of allylic oxidation sites excluding steroid dienone is 1. The third-order valence-corrected chi connectivity index (χ3v) is 3.74. The highest BCUT2D eigenvalue weighted by atomic mass is 16.6. The van der Waals surface area contributed by atoms with Crippen molar-refractivity contribution in [3.63, 3.8) is 0 Å². The van der Waals surface area contributed by atoms with Gasteiger partial charge in [-0.2, -0.15) is 5.26 Å². The lowest BCUT2D eigenvalue weighted by molar-refractivity contribution is -0.384. The van der Waals surface area contributed by atoms with Gasteiger partial charge in [0.25, 0.3) is 5.69 Å². The quantitative estimate of drug-likeness (QED) is 0.510. The largest absolute Gasteiger partial charge is 0.463 e. The smallest absolute Gasteiger partial charge is 0.336 e. The minimum absolute atomic E-state index is 0.120. The summed E-state index contributed by atoms with van der Waals surface area (Å²) in [6.45, 7) is 3.35. The first-order chi connectivity index (χ1) is 11.4. The van der Waals surface area contributed by atoms with Gasteiger partial charge in [-0.3, -0.25) is 14.9 Å². The molecule has 0 aromatic heterocycles. The topological polar surface area (TPSA) is 122 Å². The number of ether oxygens (including phenoxy) is 1. The highest BCUT2D eigenvalue weighted by Gasteiger charge is 2.41. The van der Waals surface area contributed by atoms with Crippen molar-refractivity contribution in [1.82, 2.24) is 5.32 Å². The van der Waals surface area contributed by atoms with Crippen LogP contribution in [-0.4, -0.2) is 23.4 Å². The lowest BCUT2D eigenvalue weighted by Gasteiger charge is -2.30. The Morgan fingerprint density at radius 3 is 2.54 bits per heavy atom. The van der Waals surface area contributed by atoms with Crippen LogP contribution in [0.1, 0.15) is 25.3 Å². The summed E-state index contributed by atoms with van der Waals surface area (Å²) in [5, 5.41) is 22.6. The summed E-state index contributed by atoms with van der Waals surface area (Å²) < 4.78 is 5.03. The van der Waals surface area contributed by atoms with E-state index in [0.29, 0.717) is 11.3 Å². The van der Waals surface area contributed by atoms with Crippen molar-refractivity contribution in [2.45, 2.75) is 19.8 Å². The third-order valence-electron chi connectivity index (χ3n) is 3.74. The van der Waals surface area contributed by atoms with Crippen LogP contribution < -0.4 is 5.32 Å². The molecule has 1 aromatic carbocycles. The molecule has 0 bridgehead atoms. The molecule has 0 aliphatic carbocycles. The summed E-state index contributed by atoms with van der Waals surface area (Å²) in [6, 6.07) is 7.33. The summed E-state index contributed by atoms with van der Waals surface area (Å²) in [5.41, 5.74) is 0.834. The van der Waals surface area contributed by atoms with Gasteiger partial charge in [0.2, 0.25) is 5.91 Å². The maximum absolute atomic E-state index is 12.3. The Morgan fingerprint density at radius 2 is 2.04 bits per heavy atom. The molecule has 1 aromatic rings. The summed E-state index contributed by atoms with van der Waals surface area (Å²) in [4.78, 5) is 34.6. The van der Waals surface area contributed by atoms with E-state index in [4.69, 9.17) is 4.74 Å². The summed E-state index contributed by atoms with van der Waals surface area (Å²) in [7, 11) is 0. The van der Waals surface area contributed by atoms with E-state index in [9.17, 15) is 25.0 Å². The van der Waals surface area contributed by atoms with Crippen LogP contribution in [0.25, 0.3) is 0 Å². The number of rotatable bonds is 4. The summed E-state index contributed by atoms with van der Waals surface area (Å²) >= 11 is 0. The Kier molecular flexibility index (Phi) is 4.94. The van der Waals surface area contributed by atoms with Crippen LogP contribution in [0.2, 0.25) is 0 Å². The van der Waals surface area contributed by atoms with Crippen molar-refractivity contribution in [3.8, 4) is 6.07 Å². The molecular formula is C16H15N3O5. The number of hydrogen-bond acceptors (Lipinski definition) is 6. The zero-order valence-electron chi connectivity index (χ0n) is 13.1. The van der Waals surface area contributed by atoms with Crippen LogP contribution in [0.4, 0.5) is 5.69 Å². The minimum Gasteiger partial charge on any atom is -0.463 e. The van der Waals surface area contributed by atoms with Gasteiger partial charge in [0.1, 0.15) is 5.92 Å². The highest BCUT2D eigenvalue weighted by molar-refractivity contribution is 5.97. The number of carbonyl (C=O) groups excluding carboxylic acids is 2. The van der Waals surface area contributed by atoms with Crippen LogP contribution in [0.5, 0.6) is 0 Å². The predicted octanol–water partition coefficient (Wildman–Crippen LogP) is 1.79. The molecule has 0 radical (unpaired) electrons. The van der Waals surface area contributed by atoms with Gasteiger partial charge in [0.05, 0.1) is 23.2 Å². The number of non-ortho nitro benzene ring substituents is 1. The number of benzene rings is 1. The maximum Gasteiger partial charge on any atom is 0.336 e. The van der Waals surface area contributed by atoms with Gasteiger partial charge in [-0.05, 0) is 19.4 Å². The molecule has 2 atom stereocenters. The Hall–Kier alpha value is -3.21. The number of nitro benzene ring substituents is 1. The minimum atomic E-state index is -1.13. The predicted molar refractivity (Wildman–Crippen MR) is 82.4 cm³/mol. The van der Waals surface area contributed by atoms with E-state index in [1.165, 1.54) is 24.3 Å². The molecule has 1 aliphatic heterocycles. The second-order valence-electron chi connectivity index (χ2n) is 5.18. The molecule has 8 nitrogen and oxygen atoms in total. The number of nitrogens with one attached hydrogen (secondary N) is 1. The zero-order valence-corrected chi connectivity index (χ0v) is 13.1. The molecule has 0 fully saturated rings. The van der Waals surface area contributed by atoms with Crippen LogP contribution in [-0.2, 0) is 14.3 Å². The van der Waals surface area contributed by atoms with Crippen molar-refractivity contribution in [2.24, 2.45) is 5.92 Å². The molecule has 24 heavy (non-hydrogen) atoms. The number of esters is 1. The van der Waals surface area contributed by atoms with E-state index in [0.717, 1.165) is 0 Å². The number of nitriles is 1. The van der Waals surface area contributed by atoms with Gasteiger partial charge in [0.15, 0.2) is 0 Å². The third kappa shape index (κ3) is 3.10. The first-order valence-electron chi connectivity index (χ1n) is 7.23. The molecule has 0 saturated carbocycles. The number of hydrogen-bond donors (Lipinski definition) is 1. The van der Waals surface area contributed by atoms with Crippen LogP contribution in [0.3, 0.4) is 0 Å². The first-order valence-corrected chi connectivity index (χ1v) is 7.23. The average Bonchev–Trinajstić information content (AvgIpc) is 2.54. The number of amides is 1. The number of nitro groups is 1. The Bertz CT molecular complexity index is 761. The molecule has 2 rings (SSSR count). The number of carbonyl (C=O) groups is 2. The fourth-order valence-corrected chi connectivity index (χ4v) is 2.67. The van der Waals surface area contributed by atoms with Gasteiger partial charge in [-0.15, -0.1) is 0 Å². The highest BCUT2D eigenvalue weighted by Crippen LogP contribution is 2.37. The zero-order chi connectivity index (χ0) is 17.9. The van der Waals surface area contributed by atoms with Crippen molar-refractivity contribution in [3.05, 3.63) is 51.2 Å². The van der Waals surface area contributed by atoms with Crippen molar-refractivity contribution < 1.29 is 19.2 Å². The summed E-state index contributed by atoms with van der Waals surface area (Å²) in [5.74, 6) is -3.12. The Morgan fingerprint density at radius 1 is 1.42 bits per heavy atom. The fraction of sp³-hybridized carbons (Fsp3) is 0.312. The Labute approximate surface area is 137 Å². The normalized spacial score (nSPS) is 20.1. The lowest BCUT2D eigenvalue weighted by atomic mass is 9.77. The Balaban J connectivity index is 2.56. The van der Waals surface area contributed by atoms with Crippen molar-refractivity contribution in [2.75, 3.05) is 6.61 Å². The average molecular weight is 329 g/mol. The molecule has 0 spiro atoms. The van der Waals surface area contributed by atoms with E-state index >= 15 is 0 Å². The van der Waals surface area contributed by atoms with Gasteiger partial charge < -0.3 is 10.1 Å². The monoisotopic (exact) mass is 329 g/mol. The van der Waals surface area contributed by atoms with E-state index in [1.807, 2.05) is 6.07 Å². The second-order valence-corrected chi connectivity index (χ2v) is 5.18. The lowest BCUT2D eigenvalue weighted by Crippen LogP contribution is -2.41.